The first kappa shape index (κ1) is 8.17. The Balaban J connectivity index is 0.000000490. The minimum absolute atomic E-state index is 0. The smallest absolute Gasteiger partial charge is 0.0634 e. The molecular formula is C4H11ClN2O. The zero-order valence-electron chi connectivity index (χ0n) is 4.54. The quantitative estimate of drug-likeness (QED) is 0.456. The first-order valence-electron chi connectivity index (χ1n) is 2.39. The summed E-state index contributed by atoms with van der Waals surface area (Å²) in [5, 5.41) is 0. The van der Waals surface area contributed by atoms with Gasteiger partial charge in [-0.05, 0) is 0 Å². The SMILES string of the molecule is Cl.N[C@@H]1COC[C@@H]1N. The van der Waals surface area contributed by atoms with Gasteiger partial charge < -0.3 is 16.2 Å². The van der Waals surface area contributed by atoms with Crippen molar-refractivity contribution in [3.8, 4) is 0 Å². The van der Waals surface area contributed by atoms with Gasteiger partial charge in [-0.1, -0.05) is 0 Å². The Hall–Kier alpha value is 0.170. The average molecular weight is 139 g/mol. The molecule has 0 aromatic rings. The molecule has 0 saturated carbocycles. The third-order valence-electron chi connectivity index (χ3n) is 1.17. The Labute approximate surface area is 54.8 Å². The van der Waals surface area contributed by atoms with Crippen molar-refractivity contribution in [1.82, 2.24) is 0 Å². The van der Waals surface area contributed by atoms with Crippen LogP contribution in [0.4, 0.5) is 0 Å². The highest BCUT2D eigenvalue weighted by Crippen LogP contribution is 1.97. The molecule has 0 amide bonds. The molecule has 50 valence electrons. The van der Waals surface area contributed by atoms with Gasteiger partial charge in [0.2, 0.25) is 0 Å². The summed E-state index contributed by atoms with van der Waals surface area (Å²) in [4.78, 5) is 0. The number of nitrogens with two attached hydrogens (primary N) is 2. The topological polar surface area (TPSA) is 61.3 Å². The second-order valence-corrected chi connectivity index (χ2v) is 1.87. The van der Waals surface area contributed by atoms with Gasteiger partial charge in [0.1, 0.15) is 0 Å². The highest BCUT2D eigenvalue weighted by atomic mass is 35.5. The molecule has 1 fully saturated rings. The van der Waals surface area contributed by atoms with Crippen molar-refractivity contribution in [2.45, 2.75) is 12.1 Å². The molecule has 0 spiro atoms. The lowest BCUT2D eigenvalue weighted by atomic mass is 10.2. The van der Waals surface area contributed by atoms with Crippen LogP contribution in [0.25, 0.3) is 0 Å². The van der Waals surface area contributed by atoms with Crippen molar-refractivity contribution in [1.29, 1.82) is 0 Å². The van der Waals surface area contributed by atoms with E-state index in [9.17, 15) is 0 Å². The average Bonchev–Trinajstić information content (AvgIpc) is 1.91. The molecule has 4 N–H and O–H groups in total. The molecule has 1 aliphatic heterocycles. The molecule has 4 heteroatoms. The number of rotatable bonds is 0. The number of hydrogen-bond acceptors (Lipinski definition) is 3. The summed E-state index contributed by atoms with van der Waals surface area (Å²) in [5.41, 5.74) is 10.9. The Morgan fingerprint density at radius 2 is 1.50 bits per heavy atom. The largest absolute Gasteiger partial charge is 0.378 e. The third-order valence-corrected chi connectivity index (χ3v) is 1.17. The van der Waals surface area contributed by atoms with Gasteiger partial charge in [-0.25, -0.2) is 0 Å². The Kier molecular flexibility index (Phi) is 3.31. The molecule has 1 aliphatic rings. The Morgan fingerprint density at radius 3 is 1.62 bits per heavy atom. The fraction of sp³-hybridized carbons (Fsp3) is 1.00. The Bertz CT molecular complexity index is 63.1. The first-order valence-corrected chi connectivity index (χ1v) is 2.39. The Morgan fingerprint density at radius 1 is 1.12 bits per heavy atom. The van der Waals surface area contributed by atoms with Crippen LogP contribution in [0.5, 0.6) is 0 Å². The van der Waals surface area contributed by atoms with Gasteiger partial charge >= 0.3 is 0 Å². The number of halogens is 1. The summed E-state index contributed by atoms with van der Waals surface area (Å²) in [5.74, 6) is 0. The minimum Gasteiger partial charge on any atom is -0.378 e. The summed E-state index contributed by atoms with van der Waals surface area (Å²) < 4.78 is 4.92. The van der Waals surface area contributed by atoms with E-state index in [1.807, 2.05) is 0 Å². The van der Waals surface area contributed by atoms with Crippen LogP contribution in [0.1, 0.15) is 0 Å². The van der Waals surface area contributed by atoms with Crippen molar-refractivity contribution in [3.63, 3.8) is 0 Å². The second kappa shape index (κ2) is 3.25. The van der Waals surface area contributed by atoms with Crippen LogP contribution in [0.15, 0.2) is 0 Å². The van der Waals surface area contributed by atoms with Crippen LogP contribution >= 0.6 is 12.4 Å². The number of hydrogen-bond donors (Lipinski definition) is 2. The van der Waals surface area contributed by atoms with Gasteiger partial charge in [0.05, 0.1) is 13.2 Å². The van der Waals surface area contributed by atoms with E-state index in [1.54, 1.807) is 0 Å². The van der Waals surface area contributed by atoms with E-state index in [0.29, 0.717) is 13.2 Å². The summed E-state index contributed by atoms with van der Waals surface area (Å²) in [6, 6.07) is 0.139. The molecular weight excluding hydrogens is 128 g/mol. The normalized spacial score (nSPS) is 36.8. The highest BCUT2D eigenvalue weighted by Gasteiger charge is 2.19. The van der Waals surface area contributed by atoms with E-state index in [4.69, 9.17) is 16.2 Å². The molecule has 2 atom stereocenters. The van der Waals surface area contributed by atoms with Crippen LogP contribution in [0.3, 0.4) is 0 Å². The maximum Gasteiger partial charge on any atom is 0.0634 e. The van der Waals surface area contributed by atoms with Crippen molar-refractivity contribution in [2.75, 3.05) is 13.2 Å². The van der Waals surface area contributed by atoms with E-state index < -0.39 is 0 Å². The first-order chi connectivity index (χ1) is 3.30. The zero-order chi connectivity index (χ0) is 5.28. The van der Waals surface area contributed by atoms with Crippen LogP contribution in [0, 0.1) is 0 Å². The van der Waals surface area contributed by atoms with E-state index in [-0.39, 0.29) is 24.5 Å². The minimum atomic E-state index is 0. The molecule has 0 radical (unpaired) electrons. The molecule has 0 bridgehead atoms. The molecule has 1 saturated heterocycles. The molecule has 1 heterocycles. The van der Waals surface area contributed by atoms with Gasteiger partial charge in [0.25, 0.3) is 0 Å². The van der Waals surface area contributed by atoms with Crippen LogP contribution in [-0.2, 0) is 4.74 Å². The van der Waals surface area contributed by atoms with Gasteiger partial charge in [-0.2, -0.15) is 0 Å². The van der Waals surface area contributed by atoms with Gasteiger partial charge in [0, 0.05) is 12.1 Å². The highest BCUT2D eigenvalue weighted by molar-refractivity contribution is 5.85. The standard InChI is InChI=1S/C4H10N2O.ClH/c5-3-1-7-2-4(3)6;/h3-4H,1-2,5-6H2;1H/t3-,4+;. The van der Waals surface area contributed by atoms with E-state index in [1.165, 1.54) is 0 Å². The molecule has 3 nitrogen and oxygen atoms in total. The molecule has 1 rings (SSSR count). The van der Waals surface area contributed by atoms with Gasteiger partial charge in [-0.15, -0.1) is 12.4 Å². The fourth-order valence-electron chi connectivity index (χ4n) is 0.587. The monoisotopic (exact) mass is 138 g/mol. The summed E-state index contributed by atoms with van der Waals surface area (Å²) in [6.07, 6.45) is 0. The number of ether oxygens (including phenoxy) is 1. The van der Waals surface area contributed by atoms with Crippen molar-refractivity contribution >= 4 is 12.4 Å². The van der Waals surface area contributed by atoms with E-state index in [0.717, 1.165) is 0 Å². The van der Waals surface area contributed by atoms with Crippen LogP contribution in [-0.4, -0.2) is 25.3 Å². The lowest BCUT2D eigenvalue weighted by Crippen LogP contribution is -2.39. The molecule has 0 aromatic carbocycles. The summed E-state index contributed by atoms with van der Waals surface area (Å²) in [6.45, 7) is 1.25. The molecule has 0 unspecified atom stereocenters. The van der Waals surface area contributed by atoms with Gasteiger partial charge in [-0.3, -0.25) is 0 Å². The lowest BCUT2D eigenvalue weighted by molar-refractivity contribution is 0.191. The predicted octanol–water partition coefficient (Wildman–Crippen LogP) is -0.907. The van der Waals surface area contributed by atoms with Crippen LogP contribution in [0.2, 0.25) is 0 Å². The second-order valence-electron chi connectivity index (χ2n) is 1.87. The van der Waals surface area contributed by atoms with Crippen LogP contribution < -0.4 is 11.5 Å². The molecule has 0 aromatic heterocycles. The van der Waals surface area contributed by atoms with Crippen molar-refractivity contribution in [3.05, 3.63) is 0 Å². The van der Waals surface area contributed by atoms with Crippen molar-refractivity contribution in [2.24, 2.45) is 11.5 Å². The summed E-state index contributed by atoms with van der Waals surface area (Å²) in [7, 11) is 0. The maximum atomic E-state index is 5.43. The van der Waals surface area contributed by atoms with Crippen molar-refractivity contribution < 1.29 is 4.74 Å². The van der Waals surface area contributed by atoms with E-state index in [2.05, 4.69) is 0 Å². The zero-order valence-corrected chi connectivity index (χ0v) is 5.36. The maximum absolute atomic E-state index is 5.43. The molecule has 8 heavy (non-hydrogen) atoms. The predicted molar refractivity (Wildman–Crippen MR) is 34.0 cm³/mol. The van der Waals surface area contributed by atoms with E-state index >= 15 is 0 Å². The molecule has 0 aliphatic carbocycles. The summed E-state index contributed by atoms with van der Waals surface area (Å²) >= 11 is 0. The third kappa shape index (κ3) is 1.59. The fourth-order valence-corrected chi connectivity index (χ4v) is 0.587. The van der Waals surface area contributed by atoms with Gasteiger partial charge in [0.15, 0.2) is 0 Å². The lowest BCUT2D eigenvalue weighted by Gasteiger charge is -2.02.